The molecule has 5 nitrogen and oxygen atoms in total. The number of hydrogen-bond acceptors (Lipinski definition) is 4. The molecule has 0 aliphatic carbocycles. The van der Waals surface area contributed by atoms with Crippen LogP contribution in [-0.2, 0) is 9.59 Å². The van der Waals surface area contributed by atoms with Crippen molar-refractivity contribution in [1.82, 2.24) is 4.90 Å². The highest BCUT2D eigenvalue weighted by molar-refractivity contribution is 5.97. The molecule has 1 aliphatic rings. The Balaban J connectivity index is 2.06. The highest BCUT2D eigenvalue weighted by atomic mass is 16.2. The smallest absolute Gasteiger partial charge is 0.229 e. The molecule has 1 aromatic carbocycles. The summed E-state index contributed by atoms with van der Waals surface area (Å²) in [5, 5.41) is 0. The van der Waals surface area contributed by atoms with Crippen LogP contribution < -0.4 is 4.90 Å². The van der Waals surface area contributed by atoms with Crippen LogP contribution in [0.4, 0.5) is 5.69 Å². The van der Waals surface area contributed by atoms with Gasteiger partial charge in [-0.25, -0.2) is 0 Å². The first-order valence-electron chi connectivity index (χ1n) is 7.70. The number of imide groups is 1. The molecule has 118 valence electrons. The van der Waals surface area contributed by atoms with Crippen LogP contribution in [0.2, 0.25) is 0 Å². The molecule has 0 bridgehead atoms. The second-order valence-electron chi connectivity index (χ2n) is 5.53. The van der Waals surface area contributed by atoms with E-state index in [1.165, 1.54) is 4.90 Å². The van der Waals surface area contributed by atoms with E-state index in [-0.39, 0.29) is 11.8 Å². The molecule has 0 saturated carbocycles. The van der Waals surface area contributed by atoms with Crippen molar-refractivity contribution in [2.45, 2.75) is 33.1 Å². The molecule has 1 fully saturated rings. The lowest BCUT2D eigenvalue weighted by Crippen LogP contribution is -2.44. The van der Waals surface area contributed by atoms with Gasteiger partial charge in [0.15, 0.2) is 0 Å². The summed E-state index contributed by atoms with van der Waals surface area (Å²) in [4.78, 5) is 38.0. The number of aldehydes is 1. The van der Waals surface area contributed by atoms with Crippen molar-refractivity contribution in [3.63, 3.8) is 0 Å². The fourth-order valence-electron chi connectivity index (χ4n) is 2.73. The van der Waals surface area contributed by atoms with Gasteiger partial charge in [-0.2, -0.15) is 0 Å². The van der Waals surface area contributed by atoms with E-state index in [2.05, 4.69) is 4.90 Å². The Morgan fingerprint density at radius 1 is 1.23 bits per heavy atom. The molecule has 1 aromatic rings. The van der Waals surface area contributed by atoms with E-state index in [9.17, 15) is 14.4 Å². The number of aryl methyl sites for hydroxylation is 1. The molecule has 2 amide bonds. The van der Waals surface area contributed by atoms with E-state index in [0.717, 1.165) is 24.1 Å². The molecule has 0 unspecified atom stereocenters. The van der Waals surface area contributed by atoms with E-state index in [0.29, 0.717) is 37.9 Å². The summed E-state index contributed by atoms with van der Waals surface area (Å²) in [5.41, 5.74) is 2.61. The van der Waals surface area contributed by atoms with E-state index in [4.69, 9.17) is 0 Å². The zero-order chi connectivity index (χ0) is 16.1. The van der Waals surface area contributed by atoms with Gasteiger partial charge in [0.1, 0.15) is 6.29 Å². The number of nitrogens with zero attached hydrogens (tertiary/aromatic N) is 2. The third-order valence-electron chi connectivity index (χ3n) is 4.10. The molecule has 0 aromatic heterocycles. The van der Waals surface area contributed by atoms with Crippen LogP contribution in [0.3, 0.4) is 0 Å². The van der Waals surface area contributed by atoms with Gasteiger partial charge in [0.25, 0.3) is 0 Å². The van der Waals surface area contributed by atoms with Crippen LogP contribution >= 0.6 is 0 Å². The Morgan fingerprint density at radius 2 is 1.91 bits per heavy atom. The molecule has 22 heavy (non-hydrogen) atoms. The molecule has 1 saturated heterocycles. The molecular formula is C17H22N2O3. The minimum absolute atomic E-state index is 0.0696. The SMILES string of the molecule is CCN(CCN1C(=O)CCCC1=O)c1ccc(C=O)c(C)c1. The topological polar surface area (TPSA) is 57.7 Å². The first-order valence-corrected chi connectivity index (χ1v) is 7.70. The summed E-state index contributed by atoms with van der Waals surface area (Å²) in [6.45, 7) is 5.73. The van der Waals surface area contributed by atoms with Gasteiger partial charge in [-0.3, -0.25) is 19.3 Å². The molecule has 0 atom stereocenters. The lowest BCUT2D eigenvalue weighted by Gasteiger charge is -2.29. The quantitative estimate of drug-likeness (QED) is 0.597. The third kappa shape index (κ3) is 3.53. The summed E-state index contributed by atoms with van der Waals surface area (Å²) < 4.78 is 0. The number of likely N-dealkylation sites (N-methyl/N-ethyl adjacent to an activating group) is 1. The number of rotatable bonds is 6. The Bertz CT molecular complexity index is 567. The van der Waals surface area contributed by atoms with E-state index >= 15 is 0 Å². The normalized spacial score (nSPS) is 15.1. The Labute approximate surface area is 130 Å². The maximum atomic E-state index is 11.8. The van der Waals surface area contributed by atoms with Gasteiger partial charge in [-0.15, -0.1) is 0 Å². The molecule has 5 heteroatoms. The second-order valence-corrected chi connectivity index (χ2v) is 5.53. The zero-order valence-electron chi connectivity index (χ0n) is 13.2. The zero-order valence-corrected chi connectivity index (χ0v) is 13.2. The molecule has 0 radical (unpaired) electrons. The number of piperidine rings is 1. The molecule has 1 aliphatic heterocycles. The van der Waals surface area contributed by atoms with Crippen molar-refractivity contribution in [1.29, 1.82) is 0 Å². The first kappa shape index (κ1) is 16.2. The van der Waals surface area contributed by atoms with Crippen LogP contribution in [-0.4, -0.2) is 42.6 Å². The van der Waals surface area contributed by atoms with Crippen LogP contribution in [0.15, 0.2) is 18.2 Å². The van der Waals surface area contributed by atoms with Crippen molar-refractivity contribution >= 4 is 23.8 Å². The van der Waals surface area contributed by atoms with Gasteiger partial charge >= 0.3 is 0 Å². The minimum Gasteiger partial charge on any atom is -0.370 e. The summed E-state index contributed by atoms with van der Waals surface area (Å²) in [6, 6.07) is 5.67. The largest absolute Gasteiger partial charge is 0.370 e. The fourth-order valence-corrected chi connectivity index (χ4v) is 2.73. The van der Waals surface area contributed by atoms with Crippen molar-refractivity contribution in [3.05, 3.63) is 29.3 Å². The highest BCUT2D eigenvalue weighted by Crippen LogP contribution is 2.19. The maximum Gasteiger partial charge on any atom is 0.229 e. The summed E-state index contributed by atoms with van der Waals surface area (Å²) in [5.74, 6) is -0.139. The summed E-state index contributed by atoms with van der Waals surface area (Å²) >= 11 is 0. The number of likely N-dealkylation sites (tertiary alicyclic amines) is 1. The predicted octanol–water partition coefficient (Wildman–Crippen LogP) is 2.17. The molecule has 1 heterocycles. The van der Waals surface area contributed by atoms with Crippen LogP contribution in [0.25, 0.3) is 0 Å². The number of carbonyl (C=O) groups is 3. The third-order valence-corrected chi connectivity index (χ3v) is 4.10. The average Bonchev–Trinajstić information content (AvgIpc) is 2.50. The van der Waals surface area contributed by atoms with Crippen LogP contribution in [0.1, 0.15) is 42.1 Å². The van der Waals surface area contributed by atoms with Crippen molar-refractivity contribution in [2.75, 3.05) is 24.5 Å². The number of hydrogen-bond donors (Lipinski definition) is 0. The van der Waals surface area contributed by atoms with Gasteiger partial charge < -0.3 is 4.90 Å². The number of benzene rings is 1. The molecule has 0 N–H and O–H groups in total. The number of carbonyl (C=O) groups excluding carboxylic acids is 3. The molecular weight excluding hydrogens is 280 g/mol. The average molecular weight is 302 g/mol. The Hall–Kier alpha value is -2.17. The van der Waals surface area contributed by atoms with E-state index in [1.807, 2.05) is 26.0 Å². The lowest BCUT2D eigenvalue weighted by molar-refractivity contribution is -0.147. The summed E-state index contributed by atoms with van der Waals surface area (Å²) in [7, 11) is 0. The van der Waals surface area contributed by atoms with Gasteiger partial charge in [-0.1, -0.05) is 0 Å². The number of anilines is 1. The Morgan fingerprint density at radius 3 is 2.45 bits per heavy atom. The maximum absolute atomic E-state index is 11.8. The highest BCUT2D eigenvalue weighted by Gasteiger charge is 2.25. The van der Waals surface area contributed by atoms with Crippen LogP contribution in [0.5, 0.6) is 0 Å². The van der Waals surface area contributed by atoms with Crippen molar-refractivity contribution in [3.8, 4) is 0 Å². The van der Waals surface area contributed by atoms with Crippen LogP contribution in [0, 0.1) is 6.92 Å². The lowest BCUT2D eigenvalue weighted by atomic mass is 10.1. The Kier molecular flexibility index (Phi) is 5.31. The molecule has 0 spiro atoms. The fraction of sp³-hybridized carbons (Fsp3) is 0.471. The van der Waals surface area contributed by atoms with E-state index in [1.54, 1.807) is 6.07 Å². The van der Waals surface area contributed by atoms with Gasteiger partial charge in [0.2, 0.25) is 11.8 Å². The van der Waals surface area contributed by atoms with Gasteiger partial charge in [0, 0.05) is 43.7 Å². The minimum atomic E-state index is -0.0696. The molecule has 2 rings (SSSR count). The first-order chi connectivity index (χ1) is 10.6. The second kappa shape index (κ2) is 7.20. The standard InChI is InChI=1S/C17H22N2O3/c1-3-18(15-8-7-14(12-20)13(2)11-15)9-10-19-16(21)5-4-6-17(19)22/h7-8,11-12H,3-6,9-10H2,1-2H3. The summed E-state index contributed by atoms with van der Waals surface area (Å²) in [6.07, 6.45) is 2.44. The predicted molar refractivity (Wildman–Crippen MR) is 85.0 cm³/mol. The van der Waals surface area contributed by atoms with Crippen molar-refractivity contribution < 1.29 is 14.4 Å². The van der Waals surface area contributed by atoms with Gasteiger partial charge in [0.05, 0.1) is 0 Å². The van der Waals surface area contributed by atoms with Gasteiger partial charge in [-0.05, 0) is 44.0 Å². The van der Waals surface area contributed by atoms with E-state index < -0.39 is 0 Å². The monoisotopic (exact) mass is 302 g/mol. The number of amides is 2. The van der Waals surface area contributed by atoms with Crippen molar-refractivity contribution in [2.24, 2.45) is 0 Å².